The number of carbonyl (C=O) groups excluding carboxylic acids is 1. The van der Waals surface area contributed by atoms with E-state index >= 15 is 0 Å². The minimum atomic E-state index is -0.192. The van der Waals surface area contributed by atoms with Crippen LogP contribution in [-0.4, -0.2) is 19.1 Å². The van der Waals surface area contributed by atoms with E-state index in [4.69, 9.17) is 9.47 Å². The summed E-state index contributed by atoms with van der Waals surface area (Å²) in [6, 6.07) is 14.9. The van der Waals surface area contributed by atoms with Crippen molar-refractivity contribution in [3.05, 3.63) is 54.1 Å². The molecule has 0 radical (unpaired) electrons. The first-order valence-corrected chi connectivity index (χ1v) is 6.90. The van der Waals surface area contributed by atoms with Crippen molar-refractivity contribution < 1.29 is 14.3 Å². The number of carbonyl (C=O) groups is 1. The summed E-state index contributed by atoms with van der Waals surface area (Å²) in [4.78, 5) is 11.8. The molecule has 4 nitrogen and oxygen atoms in total. The lowest BCUT2D eigenvalue weighted by Gasteiger charge is -2.10. The summed E-state index contributed by atoms with van der Waals surface area (Å²) in [5.74, 6) is 1.31. The Bertz CT molecular complexity index is 593. The highest BCUT2D eigenvalue weighted by Crippen LogP contribution is 2.17. The van der Waals surface area contributed by atoms with Gasteiger partial charge < -0.3 is 14.8 Å². The monoisotopic (exact) mass is 285 g/mol. The second kappa shape index (κ2) is 7.33. The van der Waals surface area contributed by atoms with Crippen molar-refractivity contribution in [2.45, 2.75) is 13.8 Å². The van der Waals surface area contributed by atoms with Crippen LogP contribution in [0.25, 0.3) is 0 Å². The number of rotatable bonds is 6. The second-order valence-electron chi connectivity index (χ2n) is 4.56. The van der Waals surface area contributed by atoms with E-state index in [0.717, 1.165) is 22.7 Å². The minimum Gasteiger partial charge on any atom is -0.494 e. The summed E-state index contributed by atoms with van der Waals surface area (Å²) in [6.07, 6.45) is 0. The van der Waals surface area contributed by atoms with E-state index in [1.54, 1.807) is 12.1 Å². The third-order valence-electron chi connectivity index (χ3n) is 2.90. The highest BCUT2D eigenvalue weighted by atomic mass is 16.5. The van der Waals surface area contributed by atoms with Crippen molar-refractivity contribution in [3.63, 3.8) is 0 Å². The molecule has 0 aromatic heterocycles. The zero-order valence-corrected chi connectivity index (χ0v) is 12.3. The Morgan fingerprint density at radius 2 is 1.76 bits per heavy atom. The van der Waals surface area contributed by atoms with Gasteiger partial charge in [-0.15, -0.1) is 0 Å². The average molecular weight is 285 g/mol. The summed E-state index contributed by atoms with van der Waals surface area (Å²) < 4.78 is 10.8. The Hall–Kier alpha value is -2.49. The molecule has 2 aromatic carbocycles. The van der Waals surface area contributed by atoms with Crippen molar-refractivity contribution in [1.29, 1.82) is 0 Å². The second-order valence-corrected chi connectivity index (χ2v) is 4.56. The van der Waals surface area contributed by atoms with E-state index in [1.165, 1.54) is 0 Å². The van der Waals surface area contributed by atoms with Crippen LogP contribution in [0, 0.1) is 6.92 Å². The number of benzene rings is 2. The number of ether oxygens (including phenoxy) is 2. The highest BCUT2D eigenvalue weighted by Gasteiger charge is 2.05. The van der Waals surface area contributed by atoms with Gasteiger partial charge in [0.2, 0.25) is 0 Å². The number of nitrogens with one attached hydrogen (secondary N) is 1. The van der Waals surface area contributed by atoms with Crippen molar-refractivity contribution in [2.75, 3.05) is 18.5 Å². The molecule has 0 heterocycles. The van der Waals surface area contributed by atoms with Crippen LogP contribution in [-0.2, 0) is 4.79 Å². The SMILES string of the molecule is CCOc1ccc(NC(=O)COc2ccccc2C)cc1. The fourth-order valence-corrected chi connectivity index (χ4v) is 1.86. The molecule has 0 aliphatic rings. The van der Waals surface area contributed by atoms with Crippen LogP contribution in [0.4, 0.5) is 5.69 Å². The van der Waals surface area contributed by atoms with Crippen LogP contribution in [0.3, 0.4) is 0 Å². The van der Waals surface area contributed by atoms with E-state index in [-0.39, 0.29) is 12.5 Å². The molecule has 2 aromatic rings. The Morgan fingerprint density at radius 1 is 1.05 bits per heavy atom. The molecule has 1 N–H and O–H groups in total. The molecular weight excluding hydrogens is 266 g/mol. The fraction of sp³-hybridized carbons (Fsp3) is 0.235. The zero-order valence-electron chi connectivity index (χ0n) is 12.3. The van der Waals surface area contributed by atoms with E-state index < -0.39 is 0 Å². The van der Waals surface area contributed by atoms with Crippen molar-refractivity contribution in [1.82, 2.24) is 0 Å². The van der Waals surface area contributed by atoms with Gasteiger partial charge in [0.25, 0.3) is 5.91 Å². The third kappa shape index (κ3) is 4.53. The standard InChI is InChI=1S/C17H19NO3/c1-3-20-15-10-8-14(9-11-15)18-17(19)12-21-16-7-5-4-6-13(16)2/h4-11H,3,12H2,1-2H3,(H,18,19). The van der Waals surface area contributed by atoms with Gasteiger partial charge in [-0.25, -0.2) is 0 Å². The maximum absolute atomic E-state index is 11.8. The van der Waals surface area contributed by atoms with Crippen LogP contribution >= 0.6 is 0 Å². The number of hydrogen-bond donors (Lipinski definition) is 1. The molecule has 0 bridgehead atoms. The first-order valence-electron chi connectivity index (χ1n) is 6.90. The van der Waals surface area contributed by atoms with Gasteiger partial charge in [0.05, 0.1) is 6.61 Å². The molecule has 0 spiro atoms. The first-order chi connectivity index (χ1) is 10.2. The summed E-state index contributed by atoms with van der Waals surface area (Å²) in [6.45, 7) is 4.48. The molecule has 0 saturated carbocycles. The van der Waals surface area contributed by atoms with Crippen LogP contribution < -0.4 is 14.8 Å². The van der Waals surface area contributed by atoms with Gasteiger partial charge in [-0.2, -0.15) is 0 Å². The maximum Gasteiger partial charge on any atom is 0.262 e. The molecule has 0 aliphatic carbocycles. The van der Waals surface area contributed by atoms with Crippen LogP contribution in [0.5, 0.6) is 11.5 Å². The summed E-state index contributed by atoms with van der Waals surface area (Å²) in [5.41, 5.74) is 1.73. The minimum absolute atomic E-state index is 0.0158. The van der Waals surface area contributed by atoms with E-state index in [9.17, 15) is 4.79 Å². The Kier molecular flexibility index (Phi) is 5.21. The summed E-state index contributed by atoms with van der Waals surface area (Å²) in [5, 5.41) is 2.78. The number of amides is 1. The van der Waals surface area contributed by atoms with Gasteiger partial charge >= 0.3 is 0 Å². The summed E-state index contributed by atoms with van der Waals surface area (Å²) in [7, 11) is 0. The molecule has 0 aliphatic heterocycles. The smallest absolute Gasteiger partial charge is 0.262 e. The first kappa shape index (κ1) is 14.9. The molecule has 1 amide bonds. The van der Waals surface area contributed by atoms with Gasteiger partial charge in [-0.3, -0.25) is 4.79 Å². The molecule has 0 unspecified atom stereocenters. The van der Waals surface area contributed by atoms with Gasteiger partial charge in [0.1, 0.15) is 11.5 Å². The number of anilines is 1. The normalized spacial score (nSPS) is 10.0. The van der Waals surface area contributed by atoms with E-state index in [2.05, 4.69) is 5.32 Å². The van der Waals surface area contributed by atoms with Crippen LogP contribution in [0.15, 0.2) is 48.5 Å². The van der Waals surface area contributed by atoms with E-state index in [0.29, 0.717) is 6.61 Å². The predicted molar refractivity (Wildman–Crippen MR) is 82.9 cm³/mol. The molecule has 0 saturated heterocycles. The zero-order chi connectivity index (χ0) is 15.1. The van der Waals surface area contributed by atoms with Gasteiger partial charge in [-0.05, 0) is 49.7 Å². The third-order valence-corrected chi connectivity index (χ3v) is 2.90. The lowest BCUT2D eigenvalue weighted by atomic mass is 10.2. The lowest BCUT2D eigenvalue weighted by Crippen LogP contribution is -2.20. The molecule has 21 heavy (non-hydrogen) atoms. The van der Waals surface area contributed by atoms with Crippen molar-refractivity contribution in [3.8, 4) is 11.5 Å². The molecule has 0 fully saturated rings. The van der Waals surface area contributed by atoms with Gasteiger partial charge in [0.15, 0.2) is 6.61 Å². The Labute approximate surface area is 124 Å². The fourth-order valence-electron chi connectivity index (χ4n) is 1.86. The highest BCUT2D eigenvalue weighted by molar-refractivity contribution is 5.91. The predicted octanol–water partition coefficient (Wildman–Crippen LogP) is 3.41. The van der Waals surface area contributed by atoms with Crippen LogP contribution in [0.2, 0.25) is 0 Å². The largest absolute Gasteiger partial charge is 0.494 e. The lowest BCUT2D eigenvalue weighted by molar-refractivity contribution is -0.118. The molecule has 0 atom stereocenters. The summed E-state index contributed by atoms with van der Waals surface area (Å²) >= 11 is 0. The van der Waals surface area contributed by atoms with Crippen molar-refractivity contribution >= 4 is 11.6 Å². The Balaban J connectivity index is 1.85. The number of para-hydroxylation sites is 1. The van der Waals surface area contributed by atoms with E-state index in [1.807, 2.05) is 50.2 Å². The topological polar surface area (TPSA) is 47.6 Å². The quantitative estimate of drug-likeness (QED) is 0.884. The van der Waals surface area contributed by atoms with Crippen molar-refractivity contribution in [2.24, 2.45) is 0 Å². The Morgan fingerprint density at radius 3 is 2.43 bits per heavy atom. The van der Waals surface area contributed by atoms with Gasteiger partial charge in [-0.1, -0.05) is 18.2 Å². The van der Waals surface area contributed by atoms with Crippen LogP contribution in [0.1, 0.15) is 12.5 Å². The molecule has 110 valence electrons. The molecule has 2 rings (SSSR count). The maximum atomic E-state index is 11.8. The average Bonchev–Trinajstić information content (AvgIpc) is 2.49. The number of aryl methyl sites for hydroxylation is 1. The van der Waals surface area contributed by atoms with Gasteiger partial charge in [0, 0.05) is 5.69 Å². The molecule has 4 heteroatoms. The number of hydrogen-bond acceptors (Lipinski definition) is 3. The molecular formula is C17H19NO3.